The first-order chi connectivity index (χ1) is 11.8. The minimum atomic E-state index is -4.61. The number of anilines is 1. The van der Waals surface area contributed by atoms with E-state index in [-0.39, 0.29) is 12.0 Å². The third-order valence-electron chi connectivity index (χ3n) is 3.62. The Hall–Kier alpha value is -3.01. The van der Waals surface area contributed by atoms with Crippen molar-refractivity contribution in [2.24, 2.45) is 0 Å². The molecule has 2 rings (SSSR count). The van der Waals surface area contributed by atoms with E-state index in [1.807, 2.05) is 6.07 Å². The van der Waals surface area contributed by atoms with Gasteiger partial charge in [0.25, 0.3) is 0 Å². The van der Waals surface area contributed by atoms with Crippen molar-refractivity contribution in [2.75, 3.05) is 12.4 Å². The van der Waals surface area contributed by atoms with Crippen molar-refractivity contribution < 1.29 is 18.0 Å². The molecule has 0 spiro atoms. The van der Waals surface area contributed by atoms with Crippen LogP contribution in [-0.4, -0.2) is 24.2 Å². The molecule has 0 aliphatic carbocycles. The molecule has 1 N–H and O–H groups in total. The molecule has 130 valence electrons. The van der Waals surface area contributed by atoms with Gasteiger partial charge in [0.2, 0.25) is 0 Å². The highest BCUT2D eigenvalue weighted by atomic mass is 19.4. The molecule has 25 heavy (non-hydrogen) atoms. The second-order valence-corrected chi connectivity index (χ2v) is 5.43. The van der Waals surface area contributed by atoms with Crippen LogP contribution in [0.25, 0.3) is 0 Å². The standard InChI is InChI=1S/C18H16F3N3O/c1-24(16(18(19,20)21)14-5-3-2-4-6-14)17(25)23-15-9-7-13(8-10-15)11-12-22/h2-10,16H,11H2,1H3,(H,23,25)/t16-/m1/s1. The zero-order valence-electron chi connectivity index (χ0n) is 13.4. The maximum atomic E-state index is 13.4. The summed E-state index contributed by atoms with van der Waals surface area (Å²) in [6.07, 6.45) is -4.39. The molecule has 0 heterocycles. The molecular weight excluding hydrogens is 331 g/mol. The maximum absolute atomic E-state index is 13.4. The van der Waals surface area contributed by atoms with Gasteiger partial charge in [-0.3, -0.25) is 0 Å². The number of rotatable bonds is 4. The average molecular weight is 347 g/mol. The van der Waals surface area contributed by atoms with Crippen LogP contribution in [0.15, 0.2) is 54.6 Å². The van der Waals surface area contributed by atoms with Crippen molar-refractivity contribution in [1.29, 1.82) is 5.26 Å². The summed E-state index contributed by atoms with van der Waals surface area (Å²) in [5.41, 5.74) is 1.09. The Labute approximate surface area is 143 Å². The fraction of sp³-hybridized carbons (Fsp3) is 0.222. The number of amides is 2. The molecule has 0 bridgehead atoms. The molecule has 0 aliphatic heterocycles. The molecule has 0 saturated carbocycles. The molecule has 0 aromatic heterocycles. The molecule has 4 nitrogen and oxygen atoms in total. The van der Waals surface area contributed by atoms with Gasteiger partial charge in [0.15, 0.2) is 6.04 Å². The molecule has 2 amide bonds. The predicted molar refractivity (Wildman–Crippen MR) is 87.8 cm³/mol. The second-order valence-electron chi connectivity index (χ2n) is 5.43. The average Bonchev–Trinajstić information content (AvgIpc) is 2.56. The number of hydrogen-bond acceptors (Lipinski definition) is 2. The van der Waals surface area contributed by atoms with Gasteiger partial charge >= 0.3 is 12.2 Å². The summed E-state index contributed by atoms with van der Waals surface area (Å²) in [4.78, 5) is 12.9. The topological polar surface area (TPSA) is 56.1 Å². The molecule has 1 atom stereocenters. The van der Waals surface area contributed by atoms with Crippen molar-refractivity contribution in [2.45, 2.75) is 18.6 Å². The summed E-state index contributed by atoms with van der Waals surface area (Å²) >= 11 is 0. The van der Waals surface area contributed by atoms with Crippen molar-refractivity contribution in [3.8, 4) is 6.07 Å². The van der Waals surface area contributed by atoms with Gasteiger partial charge in [0, 0.05) is 12.7 Å². The summed E-state index contributed by atoms with van der Waals surface area (Å²) in [7, 11) is 1.10. The predicted octanol–water partition coefficient (Wildman–Crippen LogP) is 4.52. The number of urea groups is 1. The molecule has 0 aliphatic rings. The summed E-state index contributed by atoms with van der Waals surface area (Å²) in [5, 5.41) is 11.1. The zero-order chi connectivity index (χ0) is 18.4. The van der Waals surface area contributed by atoms with Crippen LogP contribution in [0.3, 0.4) is 0 Å². The Kier molecular flexibility index (Phi) is 5.65. The number of halogens is 3. The Bertz CT molecular complexity index is 752. The Morgan fingerprint density at radius 1 is 1.16 bits per heavy atom. The van der Waals surface area contributed by atoms with Gasteiger partial charge in [-0.25, -0.2) is 4.79 Å². The van der Waals surface area contributed by atoms with E-state index in [1.54, 1.807) is 30.3 Å². The van der Waals surface area contributed by atoms with Gasteiger partial charge in [0.05, 0.1) is 12.5 Å². The maximum Gasteiger partial charge on any atom is 0.413 e. The van der Waals surface area contributed by atoms with E-state index in [4.69, 9.17) is 5.26 Å². The fourth-order valence-electron chi connectivity index (χ4n) is 2.39. The number of nitriles is 1. The molecule has 0 unspecified atom stereocenters. The van der Waals surface area contributed by atoms with Gasteiger partial charge in [-0.15, -0.1) is 0 Å². The zero-order valence-corrected chi connectivity index (χ0v) is 13.4. The van der Waals surface area contributed by atoms with E-state index in [1.165, 1.54) is 24.3 Å². The van der Waals surface area contributed by atoms with Gasteiger partial charge in [-0.1, -0.05) is 42.5 Å². The third-order valence-corrected chi connectivity index (χ3v) is 3.62. The summed E-state index contributed by atoms with van der Waals surface area (Å²) in [6.45, 7) is 0. The molecular formula is C18H16F3N3O. The van der Waals surface area contributed by atoms with Gasteiger partial charge < -0.3 is 10.2 Å². The second kappa shape index (κ2) is 7.71. The Balaban J connectivity index is 2.17. The van der Waals surface area contributed by atoms with E-state index in [9.17, 15) is 18.0 Å². The number of hydrogen-bond donors (Lipinski definition) is 1. The van der Waals surface area contributed by atoms with E-state index in [0.29, 0.717) is 10.6 Å². The highest BCUT2D eigenvalue weighted by Gasteiger charge is 2.45. The lowest BCUT2D eigenvalue weighted by atomic mass is 10.1. The lowest BCUT2D eigenvalue weighted by molar-refractivity contribution is -0.175. The van der Waals surface area contributed by atoms with E-state index >= 15 is 0 Å². The van der Waals surface area contributed by atoms with Gasteiger partial charge in [-0.2, -0.15) is 18.4 Å². The van der Waals surface area contributed by atoms with Crippen molar-refractivity contribution in [3.63, 3.8) is 0 Å². The van der Waals surface area contributed by atoms with Crippen LogP contribution in [0.5, 0.6) is 0 Å². The van der Waals surface area contributed by atoms with Gasteiger partial charge in [-0.05, 0) is 23.3 Å². The number of alkyl halides is 3. The first kappa shape index (κ1) is 18.3. The van der Waals surface area contributed by atoms with Crippen LogP contribution in [-0.2, 0) is 6.42 Å². The number of benzene rings is 2. The van der Waals surface area contributed by atoms with Crippen LogP contribution < -0.4 is 5.32 Å². The molecule has 0 saturated heterocycles. The highest BCUT2D eigenvalue weighted by Crippen LogP contribution is 2.37. The van der Waals surface area contributed by atoms with Crippen LogP contribution in [0.1, 0.15) is 17.2 Å². The van der Waals surface area contributed by atoms with E-state index in [0.717, 1.165) is 12.6 Å². The number of carbonyl (C=O) groups is 1. The van der Waals surface area contributed by atoms with Crippen LogP contribution >= 0.6 is 0 Å². The van der Waals surface area contributed by atoms with Crippen molar-refractivity contribution >= 4 is 11.7 Å². The molecule has 0 fully saturated rings. The minimum absolute atomic E-state index is 0.0166. The SMILES string of the molecule is CN(C(=O)Nc1ccc(CC#N)cc1)[C@H](c1ccccc1)C(F)(F)F. The summed E-state index contributed by atoms with van der Waals surface area (Å²) in [5.74, 6) is 0. The van der Waals surface area contributed by atoms with Gasteiger partial charge in [0.1, 0.15) is 0 Å². The van der Waals surface area contributed by atoms with Crippen LogP contribution in [0.4, 0.5) is 23.7 Å². The summed E-state index contributed by atoms with van der Waals surface area (Å²) < 4.78 is 40.3. The quantitative estimate of drug-likeness (QED) is 0.884. The van der Waals surface area contributed by atoms with E-state index in [2.05, 4.69) is 5.32 Å². The lowest BCUT2D eigenvalue weighted by Crippen LogP contribution is -2.41. The lowest BCUT2D eigenvalue weighted by Gasteiger charge is -2.30. The number of carbonyl (C=O) groups excluding carboxylic acids is 1. The number of nitrogens with zero attached hydrogens (tertiary/aromatic N) is 2. The van der Waals surface area contributed by atoms with Crippen LogP contribution in [0.2, 0.25) is 0 Å². The fourth-order valence-corrected chi connectivity index (χ4v) is 2.39. The minimum Gasteiger partial charge on any atom is -0.311 e. The monoisotopic (exact) mass is 347 g/mol. The van der Waals surface area contributed by atoms with Crippen molar-refractivity contribution in [1.82, 2.24) is 4.90 Å². The highest BCUT2D eigenvalue weighted by molar-refractivity contribution is 5.89. The van der Waals surface area contributed by atoms with Crippen LogP contribution in [0, 0.1) is 11.3 Å². The van der Waals surface area contributed by atoms with Crippen molar-refractivity contribution in [3.05, 3.63) is 65.7 Å². The Morgan fingerprint density at radius 2 is 1.76 bits per heavy atom. The van der Waals surface area contributed by atoms with E-state index < -0.39 is 18.2 Å². The molecule has 2 aromatic rings. The molecule has 2 aromatic carbocycles. The molecule has 7 heteroatoms. The molecule has 0 radical (unpaired) electrons. The first-order valence-electron chi connectivity index (χ1n) is 7.44. The first-order valence-corrected chi connectivity index (χ1v) is 7.44. The number of nitrogens with one attached hydrogen (secondary N) is 1. The third kappa shape index (κ3) is 4.73. The largest absolute Gasteiger partial charge is 0.413 e. The smallest absolute Gasteiger partial charge is 0.311 e. The summed E-state index contributed by atoms with van der Waals surface area (Å²) in [6, 6.07) is 12.7. The Morgan fingerprint density at radius 3 is 2.28 bits per heavy atom. The normalized spacial score (nSPS) is 12.1.